The van der Waals surface area contributed by atoms with Gasteiger partial charge in [0.15, 0.2) is 0 Å². The molecule has 2 N–H and O–H groups in total. The fourth-order valence-corrected chi connectivity index (χ4v) is 1.93. The quantitative estimate of drug-likeness (QED) is 0.844. The Kier molecular flexibility index (Phi) is 5.07. The third kappa shape index (κ3) is 3.19. The maximum atomic E-state index is 12.8. The van der Waals surface area contributed by atoms with Gasteiger partial charge in [-0.2, -0.15) is 0 Å². The van der Waals surface area contributed by atoms with Crippen LogP contribution in [0.15, 0.2) is 24.3 Å². The van der Waals surface area contributed by atoms with E-state index in [1.807, 2.05) is 0 Å². The number of aliphatic hydroxyl groups is 1. The lowest BCUT2D eigenvalue weighted by Crippen LogP contribution is -2.41. The molecule has 0 aromatic heterocycles. The number of β-amino-alcohol motifs (C(OH)–C–C–N with tert-alkyl or cyclic N) is 1. The molecule has 18 heavy (non-hydrogen) atoms. The van der Waals surface area contributed by atoms with Gasteiger partial charge in [-0.15, -0.1) is 12.4 Å². The minimum Gasteiger partial charge on any atom is -0.392 e. The largest absolute Gasteiger partial charge is 0.392 e. The van der Waals surface area contributed by atoms with Gasteiger partial charge < -0.3 is 15.3 Å². The Hall–Kier alpha value is -1.17. The Morgan fingerprint density at radius 2 is 2.06 bits per heavy atom. The fraction of sp³-hybridized carbons (Fsp3) is 0.417. The predicted molar refractivity (Wildman–Crippen MR) is 69.5 cm³/mol. The minimum absolute atomic E-state index is 0. The topological polar surface area (TPSA) is 52.6 Å². The molecule has 1 aromatic carbocycles. The van der Waals surface area contributed by atoms with Crippen molar-refractivity contribution in [1.82, 2.24) is 5.32 Å². The molecule has 1 saturated heterocycles. The highest BCUT2D eigenvalue weighted by atomic mass is 35.5. The van der Waals surface area contributed by atoms with E-state index in [1.54, 1.807) is 19.2 Å². The summed E-state index contributed by atoms with van der Waals surface area (Å²) in [5, 5.41) is 12.3. The van der Waals surface area contributed by atoms with Gasteiger partial charge in [0.05, 0.1) is 12.1 Å². The summed E-state index contributed by atoms with van der Waals surface area (Å²) >= 11 is 0. The Balaban J connectivity index is 0.00000162. The number of hydrogen-bond donors (Lipinski definition) is 2. The standard InChI is InChI=1S/C12H15FN2O2.ClH/c1-15(9-4-2-8(13)3-5-9)12(17)11-6-10(16)7-14-11;/h2-5,10-11,14,16H,6-7H2,1H3;1H. The average molecular weight is 275 g/mol. The Morgan fingerprint density at radius 3 is 2.56 bits per heavy atom. The summed E-state index contributed by atoms with van der Waals surface area (Å²) in [5.41, 5.74) is 0.639. The van der Waals surface area contributed by atoms with Crippen molar-refractivity contribution in [1.29, 1.82) is 0 Å². The molecule has 1 aliphatic heterocycles. The zero-order valence-corrected chi connectivity index (χ0v) is 10.8. The van der Waals surface area contributed by atoms with Gasteiger partial charge in [0, 0.05) is 19.3 Å². The van der Waals surface area contributed by atoms with E-state index in [2.05, 4.69) is 5.32 Å². The van der Waals surface area contributed by atoms with Crippen molar-refractivity contribution >= 4 is 24.0 Å². The van der Waals surface area contributed by atoms with Crippen LogP contribution in [0.4, 0.5) is 10.1 Å². The molecule has 1 amide bonds. The normalized spacial score (nSPS) is 22.4. The summed E-state index contributed by atoms with van der Waals surface area (Å²) in [4.78, 5) is 13.5. The number of likely N-dealkylation sites (N-methyl/N-ethyl adjacent to an activating group) is 1. The first-order valence-electron chi connectivity index (χ1n) is 5.52. The number of rotatable bonds is 2. The smallest absolute Gasteiger partial charge is 0.243 e. The highest BCUT2D eigenvalue weighted by Crippen LogP contribution is 2.16. The number of amides is 1. The summed E-state index contributed by atoms with van der Waals surface area (Å²) in [6, 6.07) is 5.38. The molecule has 0 spiro atoms. The van der Waals surface area contributed by atoms with E-state index in [0.29, 0.717) is 18.7 Å². The SMILES string of the molecule is CN(C(=O)C1CC(O)CN1)c1ccc(F)cc1.Cl. The Morgan fingerprint density at radius 1 is 1.44 bits per heavy atom. The number of anilines is 1. The molecule has 6 heteroatoms. The minimum atomic E-state index is -0.467. The first kappa shape index (κ1) is 14.9. The van der Waals surface area contributed by atoms with Crippen LogP contribution < -0.4 is 10.2 Å². The maximum Gasteiger partial charge on any atom is 0.243 e. The third-order valence-corrected chi connectivity index (χ3v) is 2.95. The van der Waals surface area contributed by atoms with Crippen molar-refractivity contribution in [3.8, 4) is 0 Å². The van der Waals surface area contributed by atoms with Crippen molar-refractivity contribution in [2.45, 2.75) is 18.6 Å². The zero-order chi connectivity index (χ0) is 12.4. The molecule has 1 heterocycles. The van der Waals surface area contributed by atoms with Crippen molar-refractivity contribution in [2.24, 2.45) is 0 Å². The second-order valence-electron chi connectivity index (χ2n) is 4.22. The number of halogens is 2. The molecule has 0 aliphatic carbocycles. The van der Waals surface area contributed by atoms with E-state index in [0.717, 1.165) is 0 Å². The molecule has 0 radical (unpaired) electrons. The van der Waals surface area contributed by atoms with E-state index >= 15 is 0 Å². The van der Waals surface area contributed by atoms with Gasteiger partial charge in [0.1, 0.15) is 5.82 Å². The molecule has 2 rings (SSSR count). The highest BCUT2D eigenvalue weighted by Gasteiger charge is 2.30. The zero-order valence-electron chi connectivity index (χ0n) is 9.97. The fourth-order valence-electron chi connectivity index (χ4n) is 1.93. The number of hydrogen-bond acceptors (Lipinski definition) is 3. The maximum absolute atomic E-state index is 12.8. The summed E-state index contributed by atoms with van der Waals surface area (Å²) in [6.45, 7) is 0.438. The number of carbonyl (C=O) groups excluding carboxylic acids is 1. The molecule has 100 valence electrons. The third-order valence-electron chi connectivity index (χ3n) is 2.95. The van der Waals surface area contributed by atoms with Crippen LogP contribution in [-0.2, 0) is 4.79 Å². The first-order chi connectivity index (χ1) is 8.08. The van der Waals surface area contributed by atoms with Gasteiger partial charge in [-0.3, -0.25) is 4.79 Å². The Bertz CT molecular complexity index is 413. The molecule has 1 fully saturated rings. The first-order valence-corrected chi connectivity index (χ1v) is 5.52. The van der Waals surface area contributed by atoms with Crippen LogP contribution in [0.1, 0.15) is 6.42 Å². The van der Waals surface area contributed by atoms with Crippen LogP contribution >= 0.6 is 12.4 Å². The van der Waals surface area contributed by atoms with E-state index < -0.39 is 6.10 Å². The van der Waals surface area contributed by atoms with E-state index in [4.69, 9.17) is 0 Å². The van der Waals surface area contributed by atoms with Crippen molar-refractivity contribution in [3.63, 3.8) is 0 Å². The molecule has 2 atom stereocenters. The number of nitrogens with zero attached hydrogens (tertiary/aromatic N) is 1. The number of aliphatic hydroxyl groups excluding tert-OH is 1. The van der Waals surface area contributed by atoms with Gasteiger partial charge in [-0.1, -0.05) is 0 Å². The highest BCUT2D eigenvalue weighted by molar-refractivity contribution is 5.96. The molecule has 2 unspecified atom stereocenters. The van der Waals surface area contributed by atoms with Gasteiger partial charge >= 0.3 is 0 Å². The molecular formula is C12H16ClFN2O2. The van der Waals surface area contributed by atoms with E-state index in [-0.39, 0.29) is 30.2 Å². The van der Waals surface area contributed by atoms with Gasteiger partial charge in [-0.25, -0.2) is 4.39 Å². The monoisotopic (exact) mass is 274 g/mol. The molecule has 0 saturated carbocycles. The number of benzene rings is 1. The van der Waals surface area contributed by atoms with Crippen LogP contribution in [0, 0.1) is 5.82 Å². The summed E-state index contributed by atoms with van der Waals surface area (Å²) in [5.74, 6) is -0.447. The lowest BCUT2D eigenvalue weighted by Gasteiger charge is -2.21. The van der Waals surface area contributed by atoms with E-state index in [9.17, 15) is 14.3 Å². The predicted octanol–water partition coefficient (Wildman–Crippen LogP) is 0.933. The van der Waals surface area contributed by atoms with Crippen molar-refractivity contribution in [2.75, 3.05) is 18.5 Å². The number of nitrogens with one attached hydrogen (secondary N) is 1. The van der Waals surface area contributed by atoms with Gasteiger partial charge in [0.2, 0.25) is 5.91 Å². The van der Waals surface area contributed by atoms with Crippen LogP contribution in [0.2, 0.25) is 0 Å². The molecule has 1 aromatic rings. The molecule has 0 bridgehead atoms. The lowest BCUT2D eigenvalue weighted by atomic mass is 10.1. The van der Waals surface area contributed by atoms with Gasteiger partial charge in [-0.05, 0) is 30.7 Å². The second kappa shape index (κ2) is 6.13. The van der Waals surface area contributed by atoms with Crippen LogP contribution in [-0.4, -0.2) is 36.8 Å². The molecule has 4 nitrogen and oxygen atoms in total. The van der Waals surface area contributed by atoms with Crippen molar-refractivity contribution in [3.05, 3.63) is 30.1 Å². The van der Waals surface area contributed by atoms with Crippen LogP contribution in [0.25, 0.3) is 0 Å². The summed E-state index contributed by atoms with van der Waals surface area (Å²) in [7, 11) is 1.64. The Labute approximate surface area is 111 Å². The second-order valence-corrected chi connectivity index (χ2v) is 4.22. The average Bonchev–Trinajstić information content (AvgIpc) is 2.75. The summed E-state index contributed by atoms with van der Waals surface area (Å²) in [6.07, 6.45) is -0.0461. The van der Waals surface area contributed by atoms with Gasteiger partial charge in [0.25, 0.3) is 0 Å². The molecule has 1 aliphatic rings. The van der Waals surface area contributed by atoms with Crippen molar-refractivity contribution < 1.29 is 14.3 Å². The van der Waals surface area contributed by atoms with Crippen LogP contribution in [0.3, 0.4) is 0 Å². The molecular weight excluding hydrogens is 259 g/mol. The number of carbonyl (C=O) groups is 1. The summed E-state index contributed by atoms with van der Waals surface area (Å²) < 4.78 is 12.8. The van der Waals surface area contributed by atoms with E-state index in [1.165, 1.54) is 17.0 Å². The van der Waals surface area contributed by atoms with Crippen LogP contribution in [0.5, 0.6) is 0 Å². The lowest BCUT2D eigenvalue weighted by molar-refractivity contribution is -0.120.